The van der Waals surface area contributed by atoms with Gasteiger partial charge in [0.25, 0.3) is 0 Å². The van der Waals surface area contributed by atoms with E-state index in [1.54, 1.807) is 7.05 Å². The van der Waals surface area contributed by atoms with Gasteiger partial charge in [-0.1, -0.05) is 14.9 Å². The third-order valence-electron chi connectivity index (χ3n) is 2.63. The zero-order valence-electron chi connectivity index (χ0n) is 14.4. The SMILES string of the molecule is C.C.CCOCCOCCOP(C)(=NC)OCCOCCOCC. The monoisotopic (exact) mass is 373 g/mol. The molecule has 0 aromatic heterocycles. The van der Waals surface area contributed by atoms with Crippen molar-refractivity contribution in [3.63, 3.8) is 0 Å². The van der Waals surface area contributed by atoms with E-state index in [2.05, 4.69) is 4.74 Å². The Kier molecular flexibility index (Phi) is 25.2. The Labute approximate surface area is 149 Å². The molecule has 7 nitrogen and oxygen atoms in total. The summed E-state index contributed by atoms with van der Waals surface area (Å²) in [5.74, 6) is 0. The summed E-state index contributed by atoms with van der Waals surface area (Å²) in [7, 11) is -0.462. The lowest BCUT2D eigenvalue weighted by Gasteiger charge is -2.19. The van der Waals surface area contributed by atoms with Crippen LogP contribution in [0.1, 0.15) is 28.7 Å². The Morgan fingerprint density at radius 3 is 1.29 bits per heavy atom. The fourth-order valence-electron chi connectivity index (χ4n) is 1.41. The van der Waals surface area contributed by atoms with Gasteiger partial charge >= 0.3 is 0 Å². The van der Waals surface area contributed by atoms with E-state index in [1.807, 2.05) is 20.5 Å². The van der Waals surface area contributed by atoms with Crippen LogP contribution >= 0.6 is 7.51 Å². The van der Waals surface area contributed by atoms with Gasteiger partial charge in [-0.3, -0.25) is 4.74 Å². The van der Waals surface area contributed by atoms with Crippen molar-refractivity contribution in [1.29, 1.82) is 0 Å². The van der Waals surface area contributed by atoms with Crippen molar-refractivity contribution >= 4 is 7.51 Å². The second-order valence-electron chi connectivity index (χ2n) is 4.29. The molecule has 0 unspecified atom stereocenters. The molecule has 0 amide bonds. The highest BCUT2D eigenvalue weighted by atomic mass is 31.2. The summed E-state index contributed by atoms with van der Waals surface area (Å²) in [6.07, 6.45) is 0. The van der Waals surface area contributed by atoms with E-state index in [9.17, 15) is 0 Å². The Morgan fingerprint density at radius 1 is 0.625 bits per heavy atom. The maximum absolute atomic E-state index is 5.71. The molecular formula is C16H40NO6P. The van der Waals surface area contributed by atoms with Crippen LogP contribution in [0.2, 0.25) is 0 Å². The van der Waals surface area contributed by atoms with Gasteiger partial charge in [-0.05, 0) is 13.8 Å². The van der Waals surface area contributed by atoms with E-state index in [1.165, 1.54) is 0 Å². The van der Waals surface area contributed by atoms with Crippen LogP contribution in [0.15, 0.2) is 4.74 Å². The standard InChI is InChI=1S/C14H32NO6P.2CH4/c1-5-16-7-9-18-11-13-20-22(4,15-3)21-14-12-19-10-8-17-6-2;;/h5-14H2,1-4H3;2*1H4. The highest BCUT2D eigenvalue weighted by Crippen LogP contribution is 2.47. The van der Waals surface area contributed by atoms with E-state index in [0.29, 0.717) is 66.1 Å². The molecule has 0 saturated carbocycles. The summed E-state index contributed by atoms with van der Waals surface area (Å²) < 4.78 is 36.8. The molecule has 0 N–H and O–H groups in total. The Morgan fingerprint density at radius 2 is 0.958 bits per heavy atom. The molecule has 0 aromatic carbocycles. The zero-order chi connectivity index (χ0) is 16.5. The smallest absolute Gasteiger partial charge is 0.209 e. The van der Waals surface area contributed by atoms with Crippen LogP contribution < -0.4 is 0 Å². The molecule has 0 aliphatic rings. The van der Waals surface area contributed by atoms with Crippen molar-refractivity contribution in [1.82, 2.24) is 0 Å². The predicted octanol–water partition coefficient (Wildman–Crippen LogP) is 3.69. The number of hydrogen-bond acceptors (Lipinski definition) is 7. The summed E-state index contributed by atoms with van der Waals surface area (Å²) >= 11 is 0. The molecule has 150 valence electrons. The Bertz CT molecular complexity index is 270. The van der Waals surface area contributed by atoms with Crippen LogP contribution in [0.4, 0.5) is 0 Å². The molecular weight excluding hydrogens is 333 g/mol. The highest BCUT2D eigenvalue weighted by molar-refractivity contribution is 7.55. The molecule has 0 heterocycles. The molecule has 0 aliphatic carbocycles. The second-order valence-corrected chi connectivity index (χ2v) is 6.81. The van der Waals surface area contributed by atoms with Crippen LogP contribution in [-0.4, -0.2) is 79.8 Å². The number of nitrogens with zero attached hydrogens (tertiary/aromatic N) is 1. The molecule has 0 atom stereocenters. The minimum Gasteiger partial charge on any atom is -0.379 e. The second kappa shape index (κ2) is 21.0. The summed E-state index contributed by atoms with van der Waals surface area (Å²) in [5, 5.41) is 0. The van der Waals surface area contributed by atoms with Gasteiger partial charge in [0, 0.05) is 26.9 Å². The largest absolute Gasteiger partial charge is 0.379 e. The van der Waals surface area contributed by atoms with E-state index >= 15 is 0 Å². The summed E-state index contributed by atoms with van der Waals surface area (Å²) in [4.78, 5) is 0. The van der Waals surface area contributed by atoms with Crippen LogP contribution in [0.5, 0.6) is 0 Å². The summed E-state index contributed by atoms with van der Waals surface area (Å²) in [6, 6.07) is 0. The van der Waals surface area contributed by atoms with Crippen molar-refractivity contribution in [3.05, 3.63) is 0 Å². The first-order chi connectivity index (χ1) is 10.7. The molecule has 24 heavy (non-hydrogen) atoms. The molecule has 0 saturated heterocycles. The first-order valence-corrected chi connectivity index (χ1v) is 9.79. The molecule has 8 heteroatoms. The molecule has 0 aromatic rings. The normalized spacial score (nSPS) is 10.8. The van der Waals surface area contributed by atoms with Gasteiger partial charge in [0.15, 0.2) is 0 Å². The van der Waals surface area contributed by atoms with E-state index in [-0.39, 0.29) is 14.9 Å². The maximum atomic E-state index is 5.71. The predicted molar refractivity (Wildman–Crippen MR) is 101 cm³/mol. The average Bonchev–Trinajstić information content (AvgIpc) is 2.53. The fraction of sp³-hybridized carbons (Fsp3) is 1.00. The van der Waals surface area contributed by atoms with Crippen LogP contribution in [0, 0.1) is 0 Å². The van der Waals surface area contributed by atoms with Crippen LogP contribution in [-0.2, 0) is 28.0 Å². The quantitative estimate of drug-likeness (QED) is 0.304. The van der Waals surface area contributed by atoms with Crippen LogP contribution in [0.3, 0.4) is 0 Å². The van der Waals surface area contributed by atoms with Gasteiger partial charge in [0.2, 0.25) is 7.51 Å². The Balaban J connectivity index is -0.00000220. The maximum Gasteiger partial charge on any atom is 0.209 e. The highest BCUT2D eigenvalue weighted by Gasteiger charge is 2.13. The summed E-state index contributed by atoms with van der Waals surface area (Å²) in [5.41, 5.74) is 0. The molecule has 0 aliphatic heterocycles. The van der Waals surface area contributed by atoms with Crippen LogP contribution in [0.25, 0.3) is 0 Å². The number of rotatable bonds is 16. The third kappa shape index (κ3) is 18.3. The number of hydrogen-bond donors (Lipinski definition) is 0. The van der Waals surface area contributed by atoms with Gasteiger partial charge in [-0.25, -0.2) is 0 Å². The minimum atomic E-state index is -2.17. The van der Waals surface area contributed by atoms with Crippen molar-refractivity contribution in [2.45, 2.75) is 28.7 Å². The molecule has 0 radical (unpaired) electrons. The van der Waals surface area contributed by atoms with Gasteiger partial charge in [0.05, 0.1) is 52.9 Å². The molecule has 0 spiro atoms. The van der Waals surface area contributed by atoms with Gasteiger partial charge in [0.1, 0.15) is 0 Å². The van der Waals surface area contributed by atoms with E-state index in [0.717, 1.165) is 0 Å². The van der Waals surface area contributed by atoms with E-state index in [4.69, 9.17) is 28.0 Å². The lowest BCUT2D eigenvalue weighted by Crippen LogP contribution is -2.11. The van der Waals surface area contributed by atoms with E-state index < -0.39 is 7.51 Å². The topological polar surface area (TPSA) is 67.7 Å². The van der Waals surface area contributed by atoms with Gasteiger partial charge in [-0.2, -0.15) is 0 Å². The third-order valence-corrected chi connectivity index (χ3v) is 4.68. The summed E-state index contributed by atoms with van der Waals surface area (Å²) in [6.45, 7) is 11.5. The minimum absolute atomic E-state index is 0. The lowest BCUT2D eigenvalue weighted by atomic mass is 10.7. The van der Waals surface area contributed by atoms with Gasteiger partial charge < -0.3 is 28.0 Å². The first kappa shape index (κ1) is 28.8. The number of ether oxygens (including phenoxy) is 4. The Hall–Kier alpha value is -0.0100. The fourth-order valence-corrected chi connectivity index (χ4v) is 2.54. The van der Waals surface area contributed by atoms with Crippen molar-refractivity contribution in [2.75, 3.05) is 79.8 Å². The molecule has 0 rings (SSSR count). The zero-order valence-corrected chi connectivity index (χ0v) is 15.3. The van der Waals surface area contributed by atoms with Crippen molar-refractivity contribution < 1.29 is 28.0 Å². The van der Waals surface area contributed by atoms with Crippen molar-refractivity contribution in [2.24, 2.45) is 4.74 Å². The first-order valence-electron chi connectivity index (χ1n) is 7.76. The van der Waals surface area contributed by atoms with Gasteiger partial charge in [-0.15, -0.1) is 0 Å². The average molecular weight is 373 g/mol. The van der Waals surface area contributed by atoms with Crippen molar-refractivity contribution in [3.8, 4) is 0 Å². The lowest BCUT2D eigenvalue weighted by molar-refractivity contribution is 0.0328. The molecule has 0 fully saturated rings. The molecule has 0 bridgehead atoms.